The largest absolute Gasteiger partial charge is 0.360 e. The lowest BCUT2D eigenvalue weighted by atomic mass is 10.1. The summed E-state index contributed by atoms with van der Waals surface area (Å²) >= 11 is 1.58. The molecule has 0 atom stereocenters. The van der Waals surface area contributed by atoms with Crippen LogP contribution in [-0.4, -0.2) is 26.5 Å². The number of carbonyl (C=O) groups excluding carboxylic acids is 1. The molecule has 0 aliphatic rings. The maximum atomic E-state index is 12.4. The molecule has 0 fully saturated rings. The van der Waals surface area contributed by atoms with Crippen LogP contribution in [0.4, 0.5) is 5.69 Å². The van der Waals surface area contributed by atoms with Crippen molar-refractivity contribution in [3.8, 4) is 6.07 Å². The van der Waals surface area contributed by atoms with Gasteiger partial charge in [-0.1, -0.05) is 18.2 Å². The van der Waals surface area contributed by atoms with E-state index in [0.717, 1.165) is 4.88 Å². The molecule has 0 radical (unpaired) electrons. The van der Waals surface area contributed by atoms with Gasteiger partial charge in [0.05, 0.1) is 17.8 Å². The number of hydrogen-bond acceptors (Lipinski definition) is 7. The highest BCUT2D eigenvalue weighted by molar-refractivity contribution is 7.09. The Balaban J connectivity index is 1.74. The third-order valence-electron chi connectivity index (χ3n) is 3.25. The molecule has 0 bridgehead atoms. The Labute approximate surface area is 147 Å². The first kappa shape index (κ1) is 16.4. The van der Waals surface area contributed by atoms with Gasteiger partial charge in [-0.25, -0.2) is 0 Å². The topological polar surface area (TPSA) is 119 Å². The third kappa shape index (κ3) is 4.07. The Morgan fingerprint density at radius 3 is 2.92 bits per heavy atom. The molecule has 0 saturated heterocycles. The van der Waals surface area contributed by atoms with Crippen LogP contribution < -0.4 is 10.6 Å². The number of tetrazole rings is 1. The number of nitriles is 1. The van der Waals surface area contributed by atoms with E-state index >= 15 is 0 Å². The van der Waals surface area contributed by atoms with Gasteiger partial charge in [0.15, 0.2) is 0 Å². The zero-order valence-electron chi connectivity index (χ0n) is 12.9. The van der Waals surface area contributed by atoms with Crippen LogP contribution in [0.15, 0.2) is 48.0 Å². The lowest BCUT2D eigenvalue weighted by Crippen LogP contribution is -2.23. The second-order valence-electron chi connectivity index (χ2n) is 4.86. The molecule has 1 aromatic carbocycles. The molecule has 0 saturated carbocycles. The smallest absolute Gasteiger partial charge is 0.253 e. The Kier molecular flexibility index (Phi) is 5.13. The molecule has 3 N–H and O–H groups in total. The van der Waals surface area contributed by atoms with E-state index in [9.17, 15) is 10.1 Å². The fourth-order valence-corrected chi connectivity index (χ4v) is 2.70. The molecule has 0 spiro atoms. The first-order valence-corrected chi connectivity index (χ1v) is 8.16. The minimum Gasteiger partial charge on any atom is -0.360 e. The molecular weight excluding hydrogens is 338 g/mol. The SMILES string of the molecule is N#CC(=CNc1ccccc1C(=O)NCc1cccs1)c1nn[nH]n1. The first-order valence-electron chi connectivity index (χ1n) is 7.28. The summed E-state index contributed by atoms with van der Waals surface area (Å²) in [5.41, 5.74) is 1.24. The van der Waals surface area contributed by atoms with Crippen LogP contribution in [0.5, 0.6) is 0 Å². The number of anilines is 1. The Morgan fingerprint density at radius 1 is 1.32 bits per heavy atom. The van der Waals surface area contributed by atoms with Crippen LogP contribution >= 0.6 is 11.3 Å². The van der Waals surface area contributed by atoms with E-state index in [4.69, 9.17) is 0 Å². The molecular formula is C16H13N7OS. The number of amides is 1. The summed E-state index contributed by atoms with van der Waals surface area (Å²) in [5.74, 6) is -0.0300. The van der Waals surface area contributed by atoms with E-state index in [1.54, 1.807) is 35.6 Å². The van der Waals surface area contributed by atoms with Crippen molar-refractivity contribution in [1.82, 2.24) is 25.9 Å². The summed E-state index contributed by atoms with van der Waals surface area (Å²) < 4.78 is 0. The predicted octanol–water partition coefficient (Wildman–Crippen LogP) is 2.17. The number of rotatable bonds is 6. The predicted molar refractivity (Wildman–Crippen MR) is 93.3 cm³/mol. The normalized spacial score (nSPS) is 10.9. The number of H-pyrrole nitrogens is 1. The fourth-order valence-electron chi connectivity index (χ4n) is 2.06. The quantitative estimate of drug-likeness (QED) is 0.586. The monoisotopic (exact) mass is 351 g/mol. The van der Waals surface area contributed by atoms with Crippen molar-refractivity contribution >= 4 is 28.5 Å². The Hall–Kier alpha value is -3.51. The molecule has 2 aromatic heterocycles. The first-order chi connectivity index (χ1) is 12.3. The van der Waals surface area contributed by atoms with Crippen LogP contribution in [0.25, 0.3) is 5.57 Å². The summed E-state index contributed by atoms with van der Waals surface area (Å²) in [6.07, 6.45) is 1.44. The molecule has 2 heterocycles. The molecule has 0 unspecified atom stereocenters. The highest BCUT2D eigenvalue weighted by atomic mass is 32.1. The van der Waals surface area contributed by atoms with E-state index < -0.39 is 0 Å². The lowest BCUT2D eigenvalue weighted by Gasteiger charge is -2.09. The molecule has 3 rings (SSSR count). The van der Waals surface area contributed by atoms with Gasteiger partial charge in [0.2, 0.25) is 5.82 Å². The van der Waals surface area contributed by atoms with Gasteiger partial charge in [0, 0.05) is 11.1 Å². The van der Waals surface area contributed by atoms with Crippen LogP contribution in [-0.2, 0) is 6.54 Å². The number of benzene rings is 1. The van der Waals surface area contributed by atoms with Crippen molar-refractivity contribution in [2.45, 2.75) is 6.54 Å². The lowest BCUT2D eigenvalue weighted by molar-refractivity contribution is 0.0952. The summed E-state index contributed by atoms with van der Waals surface area (Å²) in [5, 5.41) is 30.2. The van der Waals surface area contributed by atoms with Crippen molar-refractivity contribution in [1.29, 1.82) is 5.26 Å². The summed E-state index contributed by atoms with van der Waals surface area (Å²) in [7, 11) is 0. The fraction of sp³-hybridized carbons (Fsp3) is 0.0625. The molecule has 3 aromatic rings. The highest BCUT2D eigenvalue weighted by Crippen LogP contribution is 2.17. The van der Waals surface area contributed by atoms with Gasteiger partial charge in [-0.05, 0) is 28.8 Å². The minimum absolute atomic E-state index is 0.176. The van der Waals surface area contributed by atoms with Gasteiger partial charge < -0.3 is 10.6 Å². The van der Waals surface area contributed by atoms with E-state index in [0.29, 0.717) is 17.8 Å². The molecule has 1 amide bonds. The van der Waals surface area contributed by atoms with E-state index in [-0.39, 0.29) is 17.3 Å². The summed E-state index contributed by atoms with van der Waals surface area (Å²) in [6.45, 7) is 0.465. The van der Waals surface area contributed by atoms with Gasteiger partial charge in [-0.3, -0.25) is 4.79 Å². The summed E-state index contributed by atoms with van der Waals surface area (Å²) in [6, 6.07) is 12.9. The second kappa shape index (κ2) is 7.85. The zero-order valence-corrected chi connectivity index (χ0v) is 13.7. The van der Waals surface area contributed by atoms with E-state index in [1.165, 1.54) is 6.20 Å². The average Bonchev–Trinajstić information content (AvgIpc) is 3.34. The molecule has 8 nitrogen and oxygen atoms in total. The number of aromatic nitrogens is 4. The van der Waals surface area contributed by atoms with Gasteiger partial charge in [0.25, 0.3) is 5.91 Å². The molecule has 0 aliphatic carbocycles. The standard InChI is InChI=1S/C16H13N7OS/c17-8-11(15-20-22-23-21-15)9-18-14-6-2-1-5-13(14)16(24)19-10-12-4-3-7-25-12/h1-7,9,18H,10H2,(H,19,24)(H,20,21,22,23). The van der Waals surface area contributed by atoms with Crippen molar-refractivity contribution in [2.24, 2.45) is 0 Å². The van der Waals surface area contributed by atoms with E-state index in [1.807, 2.05) is 23.6 Å². The number of para-hydroxylation sites is 1. The Morgan fingerprint density at radius 2 is 2.20 bits per heavy atom. The van der Waals surface area contributed by atoms with Gasteiger partial charge in [0.1, 0.15) is 11.6 Å². The van der Waals surface area contributed by atoms with Crippen LogP contribution in [0.3, 0.4) is 0 Å². The maximum Gasteiger partial charge on any atom is 0.253 e. The number of carbonyl (C=O) groups is 1. The van der Waals surface area contributed by atoms with Crippen molar-refractivity contribution in [3.63, 3.8) is 0 Å². The molecule has 0 aliphatic heterocycles. The van der Waals surface area contributed by atoms with Crippen molar-refractivity contribution < 1.29 is 4.79 Å². The van der Waals surface area contributed by atoms with Crippen molar-refractivity contribution in [3.05, 3.63) is 64.2 Å². The Bertz CT molecular complexity index is 910. The van der Waals surface area contributed by atoms with Gasteiger partial charge in [-0.2, -0.15) is 10.5 Å². The molecule has 25 heavy (non-hydrogen) atoms. The van der Waals surface area contributed by atoms with Crippen LogP contribution in [0.2, 0.25) is 0 Å². The second-order valence-corrected chi connectivity index (χ2v) is 5.89. The highest BCUT2D eigenvalue weighted by Gasteiger charge is 2.11. The van der Waals surface area contributed by atoms with E-state index in [2.05, 4.69) is 31.3 Å². The average molecular weight is 351 g/mol. The third-order valence-corrected chi connectivity index (χ3v) is 4.13. The minimum atomic E-state index is -0.206. The van der Waals surface area contributed by atoms with Crippen LogP contribution in [0, 0.1) is 11.3 Å². The van der Waals surface area contributed by atoms with Gasteiger partial charge >= 0.3 is 0 Å². The number of nitrogens with zero attached hydrogens (tertiary/aromatic N) is 4. The summed E-state index contributed by atoms with van der Waals surface area (Å²) in [4.78, 5) is 13.5. The number of nitrogens with one attached hydrogen (secondary N) is 3. The molecule has 124 valence electrons. The molecule has 9 heteroatoms. The number of allylic oxidation sites excluding steroid dienone is 1. The number of hydrogen-bond donors (Lipinski definition) is 3. The zero-order chi connectivity index (χ0) is 17.5. The number of aromatic amines is 1. The number of thiophene rings is 1. The van der Waals surface area contributed by atoms with Crippen LogP contribution in [0.1, 0.15) is 21.1 Å². The van der Waals surface area contributed by atoms with Gasteiger partial charge in [-0.15, -0.1) is 21.5 Å². The maximum absolute atomic E-state index is 12.4. The van der Waals surface area contributed by atoms with Crippen molar-refractivity contribution in [2.75, 3.05) is 5.32 Å².